The fraction of sp³-hybridized carbons (Fsp3) is 0.500. The molecular formula is C18H25NO4Si. The molecule has 1 atom stereocenters. The summed E-state index contributed by atoms with van der Waals surface area (Å²) in [6.07, 6.45) is 2.74. The smallest absolute Gasteiger partial charge is 0.261 e. The normalized spacial score (nSPS) is 15.5. The Bertz CT molecular complexity index is 594. The van der Waals surface area contributed by atoms with Crippen LogP contribution in [0.5, 0.6) is 0 Å². The van der Waals surface area contributed by atoms with Crippen LogP contribution >= 0.6 is 0 Å². The second-order valence-corrected chi connectivity index (χ2v) is 11.0. The van der Waals surface area contributed by atoms with E-state index in [0.717, 1.165) is 25.2 Å². The summed E-state index contributed by atoms with van der Waals surface area (Å²) >= 11 is 0. The first-order valence-electron chi connectivity index (χ1n) is 8.46. The Kier molecular flexibility index (Phi) is 6.07. The summed E-state index contributed by atoms with van der Waals surface area (Å²) in [5.41, 5.74) is 0.852. The molecule has 0 spiro atoms. The number of carbonyl (C=O) groups is 3. The van der Waals surface area contributed by atoms with Gasteiger partial charge in [-0.25, -0.2) is 0 Å². The zero-order valence-corrected chi connectivity index (χ0v) is 15.6. The highest BCUT2D eigenvalue weighted by molar-refractivity contribution is 6.71. The first-order chi connectivity index (χ1) is 11.4. The number of nitrogens with zero attached hydrogens (tertiary/aromatic N) is 1. The Labute approximate surface area is 144 Å². The van der Waals surface area contributed by atoms with Gasteiger partial charge in [-0.3, -0.25) is 14.5 Å². The molecule has 1 heterocycles. The van der Waals surface area contributed by atoms with Crippen molar-refractivity contribution < 1.29 is 18.8 Å². The van der Waals surface area contributed by atoms with Gasteiger partial charge in [0.15, 0.2) is 8.32 Å². The van der Waals surface area contributed by atoms with Crippen LogP contribution in [0.25, 0.3) is 0 Å². The van der Waals surface area contributed by atoms with Crippen molar-refractivity contribution in [3.63, 3.8) is 0 Å². The summed E-state index contributed by atoms with van der Waals surface area (Å²) in [6.45, 7) is 6.49. The molecule has 1 aliphatic heterocycles. The molecule has 5 nitrogen and oxygen atoms in total. The molecule has 0 saturated heterocycles. The van der Waals surface area contributed by atoms with Gasteiger partial charge in [0.25, 0.3) is 11.8 Å². The van der Waals surface area contributed by atoms with Crippen LogP contribution in [0.15, 0.2) is 24.3 Å². The highest BCUT2D eigenvalue weighted by Crippen LogP contribution is 2.25. The van der Waals surface area contributed by atoms with E-state index in [1.54, 1.807) is 24.3 Å². The maximum atomic E-state index is 12.5. The van der Waals surface area contributed by atoms with Crippen molar-refractivity contribution in [2.24, 2.45) is 0 Å². The third-order valence-corrected chi connectivity index (χ3v) is 6.77. The summed E-state index contributed by atoms with van der Waals surface area (Å²) in [5.74, 6) is -0.605. The van der Waals surface area contributed by atoms with Crippen LogP contribution < -0.4 is 0 Å². The van der Waals surface area contributed by atoms with Gasteiger partial charge in [-0.2, -0.15) is 0 Å². The SMILES string of the molecule is CCCC[Si](C)(C)OC(CC=O)CN1C(=O)c2ccccc2C1=O. The molecule has 130 valence electrons. The van der Waals surface area contributed by atoms with Crippen LogP contribution in [0.1, 0.15) is 46.9 Å². The number of aldehydes is 1. The Morgan fingerprint density at radius 3 is 2.25 bits per heavy atom. The van der Waals surface area contributed by atoms with E-state index < -0.39 is 14.4 Å². The minimum absolute atomic E-state index is 0.133. The van der Waals surface area contributed by atoms with Crippen molar-refractivity contribution in [3.05, 3.63) is 35.4 Å². The third kappa shape index (κ3) is 4.18. The molecule has 1 aromatic carbocycles. The maximum absolute atomic E-state index is 12.5. The van der Waals surface area contributed by atoms with Gasteiger partial charge in [0.1, 0.15) is 6.29 Å². The van der Waals surface area contributed by atoms with Gasteiger partial charge in [-0.15, -0.1) is 0 Å². The van der Waals surface area contributed by atoms with Gasteiger partial charge in [0.05, 0.1) is 23.8 Å². The summed E-state index contributed by atoms with van der Waals surface area (Å²) in [7, 11) is -1.93. The molecule has 0 aromatic heterocycles. The molecule has 2 amide bonds. The monoisotopic (exact) mass is 347 g/mol. The van der Waals surface area contributed by atoms with E-state index in [9.17, 15) is 14.4 Å². The van der Waals surface area contributed by atoms with Gasteiger partial charge in [0.2, 0.25) is 0 Å². The largest absolute Gasteiger partial charge is 0.412 e. The third-order valence-electron chi connectivity index (χ3n) is 4.24. The Morgan fingerprint density at radius 2 is 1.75 bits per heavy atom. The molecule has 0 fully saturated rings. The quantitative estimate of drug-likeness (QED) is 0.391. The average molecular weight is 347 g/mol. The number of carbonyl (C=O) groups excluding carboxylic acids is 3. The van der Waals surface area contributed by atoms with Crippen LogP contribution in [-0.2, 0) is 9.22 Å². The summed E-state index contributed by atoms with van der Waals surface area (Å²) in [5, 5.41) is 0. The lowest BCUT2D eigenvalue weighted by atomic mass is 10.1. The number of hydrogen-bond donors (Lipinski definition) is 0. The molecule has 1 unspecified atom stereocenters. The number of fused-ring (bicyclic) bond motifs is 1. The summed E-state index contributed by atoms with van der Waals surface area (Å²) in [6, 6.07) is 7.80. The Hall–Kier alpha value is -1.79. The second kappa shape index (κ2) is 7.85. The van der Waals surface area contributed by atoms with E-state index >= 15 is 0 Å². The number of benzene rings is 1. The molecule has 0 aliphatic carbocycles. The van der Waals surface area contributed by atoms with E-state index in [-0.39, 0.29) is 24.8 Å². The molecule has 1 aliphatic rings. The molecule has 24 heavy (non-hydrogen) atoms. The van der Waals surface area contributed by atoms with Gasteiger partial charge >= 0.3 is 0 Å². The fourth-order valence-electron chi connectivity index (χ4n) is 2.99. The first-order valence-corrected chi connectivity index (χ1v) is 11.6. The molecule has 0 N–H and O–H groups in total. The lowest BCUT2D eigenvalue weighted by Gasteiger charge is -2.30. The molecule has 0 bridgehead atoms. The number of hydrogen-bond acceptors (Lipinski definition) is 4. The molecule has 0 radical (unpaired) electrons. The Morgan fingerprint density at radius 1 is 1.17 bits per heavy atom. The van der Waals surface area contributed by atoms with Gasteiger partial charge in [0, 0.05) is 6.42 Å². The second-order valence-electron chi connectivity index (χ2n) is 6.77. The standard InChI is InChI=1S/C18H25NO4Si/c1-4-5-12-24(2,3)23-14(10-11-20)13-19-17(21)15-8-6-7-9-16(15)18(19)22/h6-9,11,14H,4-5,10,12-13H2,1-3H3. The van der Waals surface area contributed by atoms with Gasteiger partial charge in [-0.05, 0) is 31.3 Å². The first kappa shape index (κ1) is 18.5. The van der Waals surface area contributed by atoms with Crippen molar-refractivity contribution in [3.8, 4) is 0 Å². The molecular weight excluding hydrogens is 322 g/mol. The topological polar surface area (TPSA) is 63.7 Å². The minimum atomic E-state index is -1.93. The zero-order valence-electron chi connectivity index (χ0n) is 14.6. The van der Waals surface area contributed by atoms with Crippen LogP contribution in [0.3, 0.4) is 0 Å². The zero-order chi connectivity index (χ0) is 17.7. The number of amides is 2. The maximum Gasteiger partial charge on any atom is 0.261 e. The van der Waals surface area contributed by atoms with E-state index in [2.05, 4.69) is 20.0 Å². The predicted octanol–water partition coefficient (Wildman–Crippen LogP) is 3.26. The molecule has 0 saturated carbocycles. The van der Waals surface area contributed by atoms with E-state index in [1.807, 2.05) is 0 Å². The van der Waals surface area contributed by atoms with Gasteiger partial charge in [-0.1, -0.05) is 31.9 Å². The highest BCUT2D eigenvalue weighted by Gasteiger charge is 2.37. The molecule has 6 heteroatoms. The van der Waals surface area contributed by atoms with E-state index in [1.165, 1.54) is 4.90 Å². The minimum Gasteiger partial charge on any atom is -0.412 e. The molecule has 1 aromatic rings. The van der Waals surface area contributed by atoms with Crippen molar-refractivity contribution in [1.29, 1.82) is 0 Å². The van der Waals surface area contributed by atoms with E-state index in [0.29, 0.717) is 11.1 Å². The number of rotatable bonds is 9. The molecule has 2 rings (SSSR count). The van der Waals surface area contributed by atoms with Crippen molar-refractivity contribution in [1.82, 2.24) is 4.90 Å². The average Bonchev–Trinajstić information content (AvgIpc) is 2.78. The number of unbranched alkanes of at least 4 members (excludes halogenated alkanes) is 1. The highest BCUT2D eigenvalue weighted by atomic mass is 28.4. The van der Waals surface area contributed by atoms with Crippen molar-refractivity contribution >= 4 is 26.4 Å². The van der Waals surface area contributed by atoms with Crippen LogP contribution in [0, 0.1) is 0 Å². The van der Waals surface area contributed by atoms with Crippen LogP contribution in [0.4, 0.5) is 0 Å². The fourth-order valence-corrected chi connectivity index (χ4v) is 5.38. The Balaban J connectivity index is 2.10. The van der Waals surface area contributed by atoms with E-state index in [4.69, 9.17) is 4.43 Å². The lowest BCUT2D eigenvalue weighted by molar-refractivity contribution is -0.109. The van der Waals surface area contributed by atoms with Crippen LogP contribution in [-0.4, -0.2) is 44.0 Å². The summed E-state index contributed by atoms with van der Waals surface area (Å²) < 4.78 is 6.20. The van der Waals surface area contributed by atoms with Crippen molar-refractivity contribution in [2.75, 3.05) is 6.54 Å². The predicted molar refractivity (Wildman–Crippen MR) is 94.6 cm³/mol. The lowest BCUT2D eigenvalue weighted by Crippen LogP contribution is -2.43. The van der Waals surface area contributed by atoms with Crippen molar-refractivity contribution in [2.45, 2.75) is 51.4 Å². The number of imide groups is 1. The summed E-state index contributed by atoms with van der Waals surface area (Å²) in [4.78, 5) is 37.1. The van der Waals surface area contributed by atoms with Gasteiger partial charge < -0.3 is 9.22 Å². The van der Waals surface area contributed by atoms with Crippen LogP contribution in [0.2, 0.25) is 19.1 Å².